The van der Waals surface area contributed by atoms with E-state index >= 15 is 0 Å². The van der Waals surface area contributed by atoms with E-state index in [0.717, 1.165) is 12.1 Å². The fourth-order valence-corrected chi connectivity index (χ4v) is 3.63. The Hall–Kier alpha value is -3.73. The Bertz CT molecular complexity index is 1160. The molecule has 0 saturated carbocycles. The minimum absolute atomic E-state index is 0.0321. The van der Waals surface area contributed by atoms with Crippen LogP contribution in [0.15, 0.2) is 60.3 Å². The predicted molar refractivity (Wildman–Crippen MR) is 119 cm³/mol. The summed E-state index contributed by atoms with van der Waals surface area (Å²) in [4.78, 5) is 37.3. The fraction of sp³-hybridized carbons (Fsp3) is 0.182. The number of amides is 4. The Morgan fingerprint density at radius 1 is 1.15 bits per heavy atom. The Morgan fingerprint density at radius 3 is 2.33 bits per heavy atom. The zero-order valence-corrected chi connectivity index (χ0v) is 18.1. The molecule has 1 unspecified atom stereocenters. The largest absolute Gasteiger partial charge is 0.416 e. The van der Waals surface area contributed by atoms with Crippen LogP contribution in [-0.2, 0) is 11.0 Å². The first-order valence-electron chi connectivity index (χ1n) is 9.61. The number of rotatable bonds is 6. The molecule has 2 aromatic rings. The lowest BCUT2D eigenvalue weighted by molar-refractivity contribution is -0.137. The third kappa shape index (κ3) is 4.72. The minimum Gasteiger partial charge on any atom is -0.404 e. The first-order chi connectivity index (χ1) is 15.5. The number of carbonyl (C=O) groups excluding carboxylic acids is 3. The molecule has 1 heterocycles. The summed E-state index contributed by atoms with van der Waals surface area (Å²) < 4.78 is 38.6. The van der Waals surface area contributed by atoms with Gasteiger partial charge in [-0.1, -0.05) is 42.5 Å². The summed E-state index contributed by atoms with van der Waals surface area (Å²) >= 11 is 5.32. The first-order valence-corrected chi connectivity index (χ1v) is 10.0. The number of alkyl halides is 3. The van der Waals surface area contributed by atoms with Gasteiger partial charge in [0.25, 0.3) is 11.8 Å². The number of carbonyl (C=O) groups is 3. The molecule has 1 aliphatic heterocycles. The van der Waals surface area contributed by atoms with Crippen molar-refractivity contribution in [3.63, 3.8) is 0 Å². The van der Waals surface area contributed by atoms with Crippen molar-refractivity contribution in [3.05, 3.63) is 71.4 Å². The van der Waals surface area contributed by atoms with Crippen LogP contribution in [0.5, 0.6) is 0 Å². The van der Waals surface area contributed by atoms with E-state index in [2.05, 4.69) is 16.0 Å². The second-order valence-electron chi connectivity index (χ2n) is 7.30. The highest BCUT2D eigenvalue weighted by molar-refractivity contribution is 7.81. The number of benzene rings is 2. The van der Waals surface area contributed by atoms with Gasteiger partial charge in [-0.25, -0.2) is 4.79 Å². The normalized spacial score (nSPS) is 18.5. The van der Waals surface area contributed by atoms with Crippen LogP contribution in [0.4, 0.5) is 18.0 Å². The topological polar surface area (TPSA) is 113 Å². The van der Waals surface area contributed by atoms with Gasteiger partial charge >= 0.3 is 12.2 Å². The molecule has 1 fully saturated rings. The fourth-order valence-electron chi connectivity index (χ4n) is 3.35. The Morgan fingerprint density at radius 2 is 1.79 bits per heavy atom. The average Bonchev–Trinajstić information content (AvgIpc) is 3.09. The zero-order valence-electron chi connectivity index (χ0n) is 17.2. The summed E-state index contributed by atoms with van der Waals surface area (Å²) in [6, 6.07) is 9.93. The van der Waals surface area contributed by atoms with Gasteiger partial charge in [0.2, 0.25) is 0 Å². The number of imide groups is 1. The summed E-state index contributed by atoms with van der Waals surface area (Å²) in [6.07, 6.45) is -3.30. The molecule has 3 rings (SSSR count). The highest BCUT2D eigenvalue weighted by atomic mass is 32.1. The quantitative estimate of drug-likeness (QED) is 0.291. The maximum Gasteiger partial charge on any atom is 0.416 e. The van der Waals surface area contributed by atoms with Crippen LogP contribution in [0.25, 0.3) is 11.1 Å². The van der Waals surface area contributed by atoms with E-state index in [4.69, 9.17) is 18.0 Å². The number of urea groups is 1. The molecule has 1 atom stereocenters. The summed E-state index contributed by atoms with van der Waals surface area (Å²) in [5, 5.41) is 7.13. The van der Waals surface area contributed by atoms with Crippen LogP contribution < -0.4 is 21.7 Å². The lowest BCUT2D eigenvalue weighted by Crippen LogP contribution is -2.60. The molecule has 0 aromatic heterocycles. The molecule has 33 heavy (non-hydrogen) atoms. The molecule has 4 amide bonds. The number of nitrogens with one attached hydrogen (secondary N) is 3. The second kappa shape index (κ2) is 9.02. The van der Waals surface area contributed by atoms with Crippen LogP contribution in [-0.4, -0.2) is 34.8 Å². The molecule has 0 aliphatic carbocycles. The molecule has 5 N–H and O–H groups in total. The van der Waals surface area contributed by atoms with Crippen LogP contribution in [0.2, 0.25) is 0 Å². The maximum atomic E-state index is 13.0. The van der Waals surface area contributed by atoms with E-state index in [1.807, 2.05) is 0 Å². The lowest BCUT2D eigenvalue weighted by atomic mass is 9.90. The van der Waals surface area contributed by atoms with Crippen LogP contribution in [0.1, 0.15) is 22.8 Å². The average molecular weight is 476 g/mol. The monoisotopic (exact) mass is 476 g/mol. The van der Waals surface area contributed by atoms with Crippen molar-refractivity contribution in [3.8, 4) is 11.1 Å². The van der Waals surface area contributed by atoms with Gasteiger partial charge in [0, 0.05) is 5.56 Å². The molecule has 1 saturated heterocycles. The minimum atomic E-state index is -4.48. The summed E-state index contributed by atoms with van der Waals surface area (Å²) in [7, 11) is 0. The molecule has 172 valence electrons. The number of nitrogens with two attached hydrogens (primary N) is 1. The third-order valence-electron chi connectivity index (χ3n) is 5.15. The van der Waals surface area contributed by atoms with Crippen molar-refractivity contribution in [1.29, 1.82) is 0 Å². The standard InChI is InChI=1S/C22H19F3N4O3S/c1-12(10-26)17(33)21(19(31)28-20(32)29-21)11-27-18(30)16-5-3-2-4-15(16)13-6-8-14(9-7-13)22(23,24)25/h2-10H,11,26H2,1H3,(H,27,30)(H2,28,29,31,32). The third-order valence-corrected chi connectivity index (χ3v) is 5.82. The van der Waals surface area contributed by atoms with Crippen molar-refractivity contribution in [2.45, 2.75) is 18.6 Å². The van der Waals surface area contributed by atoms with Crippen LogP contribution in [0, 0.1) is 0 Å². The van der Waals surface area contributed by atoms with Gasteiger partial charge in [-0.15, -0.1) is 0 Å². The molecular weight excluding hydrogens is 457 g/mol. The second-order valence-corrected chi connectivity index (χ2v) is 7.70. The van der Waals surface area contributed by atoms with Crippen LogP contribution >= 0.6 is 12.2 Å². The van der Waals surface area contributed by atoms with Crippen molar-refractivity contribution in [2.24, 2.45) is 5.73 Å². The van der Waals surface area contributed by atoms with Crippen molar-refractivity contribution >= 4 is 34.9 Å². The molecule has 0 radical (unpaired) electrons. The van der Waals surface area contributed by atoms with Gasteiger partial charge in [0.15, 0.2) is 5.54 Å². The smallest absolute Gasteiger partial charge is 0.404 e. The summed E-state index contributed by atoms with van der Waals surface area (Å²) in [6.45, 7) is 1.19. The molecule has 11 heteroatoms. The van der Waals surface area contributed by atoms with E-state index in [1.165, 1.54) is 24.4 Å². The van der Waals surface area contributed by atoms with Gasteiger partial charge in [0.1, 0.15) is 0 Å². The highest BCUT2D eigenvalue weighted by Crippen LogP contribution is 2.32. The summed E-state index contributed by atoms with van der Waals surface area (Å²) in [5.41, 5.74) is 4.28. The van der Waals surface area contributed by atoms with E-state index < -0.39 is 35.1 Å². The first kappa shape index (κ1) is 23.9. The number of hydrogen-bond acceptors (Lipinski definition) is 5. The van der Waals surface area contributed by atoms with Crippen molar-refractivity contribution in [1.82, 2.24) is 16.0 Å². The van der Waals surface area contributed by atoms with E-state index in [-0.39, 0.29) is 17.0 Å². The zero-order chi connectivity index (χ0) is 24.4. The maximum absolute atomic E-state index is 13.0. The van der Waals surface area contributed by atoms with Gasteiger partial charge in [-0.3, -0.25) is 14.9 Å². The molecule has 0 bridgehead atoms. The Kier molecular flexibility index (Phi) is 6.54. The lowest BCUT2D eigenvalue weighted by Gasteiger charge is -2.27. The van der Waals surface area contributed by atoms with E-state index in [1.54, 1.807) is 25.1 Å². The van der Waals surface area contributed by atoms with Gasteiger partial charge in [0.05, 0.1) is 17.0 Å². The van der Waals surface area contributed by atoms with E-state index in [9.17, 15) is 27.6 Å². The van der Waals surface area contributed by atoms with Crippen LogP contribution in [0.3, 0.4) is 0 Å². The Labute approximate surface area is 192 Å². The molecule has 0 spiro atoms. The summed E-state index contributed by atoms with van der Waals surface area (Å²) in [5.74, 6) is -1.36. The van der Waals surface area contributed by atoms with Crippen molar-refractivity contribution in [2.75, 3.05) is 6.54 Å². The molecular formula is C22H19F3N4O3S. The van der Waals surface area contributed by atoms with Gasteiger partial charge in [-0.2, -0.15) is 13.2 Å². The van der Waals surface area contributed by atoms with E-state index in [0.29, 0.717) is 16.7 Å². The van der Waals surface area contributed by atoms with Crippen molar-refractivity contribution < 1.29 is 27.6 Å². The SMILES string of the molecule is CC(=CN)C(=S)C1(CNC(=O)c2ccccc2-c2ccc(C(F)(F)F)cc2)NC(=O)NC1=O. The molecule has 2 aromatic carbocycles. The molecule has 7 nitrogen and oxygen atoms in total. The number of hydrogen-bond donors (Lipinski definition) is 4. The molecule has 1 aliphatic rings. The Balaban J connectivity index is 1.89. The highest BCUT2D eigenvalue weighted by Gasteiger charge is 2.50. The van der Waals surface area contributed by atoms with Gasteiger partial charge < -0.3 is 16.4 Å². The number of thiocarbonyl (C=S) groups is 1. The van der Waals surface area contributed by atoms with Gasteiger partial charge in [-0.05, 0) is 48.0 Å². The predicted octanol–water partition coefficient (Wildman–Crippen LogP) is 2.91. The number of halogens is 3.